The number of nitrogens with one attached hydrogen (secondary N) is 1. The predicted octanol–water partition coefficient (Wildman–Crippen LogP) is 3.02. The maximum atomic E-state index is 12.2. The number of aryl methyl sites for hydroxylation is 1. The number of amides is 2. The van der Waals surface area contributed by atoms with Gasteiger partial charge in [-0.05, 0) is 57.8 Å². The van der Waals surface area contributed by atoms with Gasteiger partial charge in [-0.15, -0.1) is 0 Å². The van der Waals surface area contributed by atoms with Gasteiger partial charge in [-0.2, -0.15) is 0 Å². The fourth-order valence-corrected chi connectivity index (χ4v) is 3.51. The molecule has 2 amide bonds. The second-order valence-corrected chi connectivity index (χ2v) is 6.90. The number of carbonyl (C=O) groups is 3. The van der Waals surface area contributed by atoms with Gasteiger partial charge in [-0.1, -0.05) is 31.2 Å². The number of fused-ring (bicyclic) bond motifs is 1. The summed E-state index contributed by atoms with van der Waals surface area (Å²) in [5, 5.41) is 2.24. The number of ether oxygens (including phenoxy) is 1. The lowest BCUT2D eigenvalue weighted by atomic mass is 10.0. The van der Waals surface area contributed by atoms with Gasteiger partial charge in [0, 0.05) is 3.57 Å². The van der Waals surface area contributed by atoms with Crippen LogP contribution in [-0.4, -0.2) is 17.8 Å². The molecule has 0 aromatic heterocycles. The minimum absolute atomic E-state index is 0.0467. The maximum absolute atomic E-state index is 12.2. The number of rotatable bonds is 5. The minimum atomic E-state index is -0.464. The highest BCUT2D eigenvalue weighted by molar-refractivity contribution is 14.1. The van der Waals surface area contributed by atoms with E-state index in [0.717, 1.165) is 12.0 Å². The first-order chi connectivity index (χ1) is 12.0. The van der Waals surface area contributed by atoms with Crippen molar-refractivity contribution in [2.24, 2.45) is 0 Å². The first-order valence-electron chi connectivity index (χ1n) is 7.90. The Morgan fingerprint density at radius 2 is 1.92 bits per heavy atom. The van der Waals surface area contributed by atoms with Crippen LogP contribution in [0.4, 0.5) is 0 Å². The molecule has 0 radical (unpaired) electrons. The second-order valence-electron chi connectivity index (χ2n) is 5.74. The monoisotopic (exact) mass is 449 g/mol. The van der Waals surface area contributed by atoms with Crippen LogP contribution in [0, 0.1) is 3.57 Å². The van der Waals surface area contributed by atoms with E-state index in [4.69, 9.17) is 4.74 Å². The molecule has 0 saturated carbocycles. The van der Waals surface area contributed by atoms with Crippen molar-refractivity contribution < 1.29 is 19.1 Å². The molecule has 1 N–H and O–H groups in total. The Morgan fingerprint density at radius 3 is 2.68 bits per heavy atom. The van der Waals surface area contributed by atoms with Crippen LogP contribution < -0.4 is 5.32 Å². The second kappa shape index (κ2) is 7.35. The minimum Gasteiger partial charge on any atom is -0.461 e. The molecule has 128 valence electrons. The van der Waals surface area contributed by atoms with Crippen LogP contribution in [0.3, 0.4) is 0 Å². The van der Waals surface area contributed by atoms with E-state index in [1.807, 2.05) is 18.2 Å². The van der Waals surface area contributed by atoms with Gasteiger partial charge in [-0.3, -0.25) is 19.7 Å². The van der Waals surface area contributed by atoms with Gasteiger partial charge in [-0.25, -0.2) is 0 Å². The van der Waals surface area contributed by atoms with Gasteiger partial charge in [0.15, 0.2) is 0 Å². The van der Waals surface area contributed by atoms with Crippen molar-refractivity contribution in [3.63, 3.8) is 0 Å². The summed E-state index contributed by atoms with van der Waals surface area (Å²) < 4.78 is 6.52. The third-order valence-electron chi connectivity index (χ3n) is 4.08. The van der Waals surface area contributed by atoms with E-state index in [1.165, 1.54) is 9.13 Å². The summed E-state index contributed by atoms with van der Waals surface area (Å²) in [5.74, 6) is -1.33. The number of hydrogen-bond acceptors (Lipinski definition) is 4. The van der Waals surface area contributed by atoms with Crippen LogP contribution in [0.25, 0.3) is 0 Å². The number of imide groups is 1. The number of carbonyl (C=O) groups excluding carboxylic acids is 3. The van der Waals surface area contributed by atoms with Crippen molar-refractivity contribution >= 4 is 40.4 Å². The quantitative estimate of drug-likeness (QED) is 0.433. The van der Waals surface area contributed by atoms with E-state index in [9.17, 15) is 14.4 Å². The Kier molecular flexibility index (Phi) is 5.17. The Balaban J connectivity index is 1.68. The molecule has 0 fully saturated rings. The van der Waals surface area contributed by atoms with Gasteiger partial charge >= 0.3 is 5.97 Å². The van der Waals surface area contributed by atoms with E-state index >= 15 is 0 Å². The highest BCUT2D eigenvalue weighted by atomic mass is 127. The molecule has 0 unspecified atom stereocenters. The fraction of sp³-hybridized carbons (Fsp3) is 0.211. The van der Waals surface area contributed by atoms with Crippen molar-refractivity contribution in [1.29, 1.82) is 0 Å². The van der Waals surface area contributed by atoms with E-state index < -0.39 is 17.8 Å². The molecule has 25 heavy (non-hydrogen) atoms. The van der Waals surface area contributed by atoms with Gasteiger partial charge in [0.05, 0.1) is 17.5 Å². The highest BCUT2D eigenvalue weighted by Gasteiger charge is 2.29. The summed E-state index contributed by atoms with van der Waals surface area (Å²) in [6.45, 7) is 2.26. The van der Waals surface area contributed by atoms with Gasteiger partial charge in [0.2, 0.25) is 0 Å². The largest absolute Gasteiger partial charge is 0.461 e. The predicted molar refractivity (Wildman–Crippen MR) is 100 cm³/mol. The van der Waals surface area contributed by atoms with Crippen molar-refractivity contribution in [3.05, 3.63) is 67.8 Å². The molecule has 1 aliphatic rings. The first-order valence-corrected chi connectivity index (χ1v) is 8.98. The number of hydrogen-bond donors (Lipinski definition) is 1. The van der Waals surface area contributed by atoms with E-state index in [1.54, 1.807) is 18.2 Å². The average Bonchev–Trinajstić information content (AvgIpc) is 2.89. The molecular weight excluding hydrogens is 433 g/mol. The SMILES string of the molecule is CCc1cc(COC(=O)Cc2cccc3c2C(=O)NC3=O)ccc1I. The summed E-state index contributed by atoms with van der Waals surface area (Å²) in [6, 6.07) is 10.9. The lowest BCUT2D eigenvalue weighted by Gasteiger charge is -2.09. The molecule has 1 aliphatic heterocycles. The van der Waals surface area contributed by atoms with Crippen LogP contribution in [-0.2, 0) is 29.0 Å². The summed E-state index contributed by atoms with van der Waals surface area (Å²) >= 11 is 2.28. The molecular formula is C19H16INO4. The van der Waals surface area contributed by atoms with Crippen LogP contribution in [0.1, 0.15) is 44.3 Å². The molecule has 5 nitrogen and oxygen atoms in total. The molecule has 2 aromatic rings. The van der Waals surface area contributed by atoms with Gasteiger partial charge in [0.1, 0.15) is 6.61 Å². The number of esters is 1. The van der Waals surface area contributed by atoms with Crippen LogP contribution in [0.2, 0.25) is 0 Å². The van der Waals surface area contributed by atoms with Gasteiger partial charge < -0.3 is 4.74 Å². The molecule has 3 rings (SSSR count). The molecule has 6 heteroatoms. The Hall–Kier alpha value is -2.22. The van der Waals surface area contributed by atoms with E-state index in [-0.39, 0.29) is 18.6 Å². The zero-order chi connectivity index (χ0) is 18.0. The Morgan fingerprint density at radius 1 is 1.12 bits per heavy atom. The number of halogens is 1. The third-order valence-corrected chi connectivity index (χ3v) is 5.13. The van der Waals surface area contributed by atoms with Gasteiger partial charge in [0.25, 0.3) is 11.8 Å². The average molecular weight is 449 g/mol. The van der Waals surface area contributed by atoms with Crippen LogP contribution in [0.5, 0.6) is 0 Å². The topological polar surface area (TPSA) is 72.5 Å². The molecule has 2 aromatic carbocycles. The smallest absolute Gasteiger partial charge is 0.310 e. The van der Waals surface area contributed by atoms with E-state index in [2.05, 4.69) is 34.8 Å². The highest BCUT2D eigenvalue weighted by Crippen LogP contribution is 2.21. The first kappa shape index (κ1) is 17.6. The summed E-state index contributed by atoms with van der Waals surface area (Å²) in [7, 11) is 0. The molecule has 0 saturated heterocycles. The molecule has 1 heterocycles. The molecule has 0 spiro atoms. The summed E-state index contributed by atoms with van der Waals surface area (Å²) in [6.07, 6.45) is 0.869. The zero-order valence-electron chi connectivity index (χ0n) is 13.6. The molecule has 0 atom stereocenters. The third kappa shape index (κ3) is 3.73. The Bertz CT molecular complexity index is 876. The van der Waals surface area contributed by atoms with E-state index in [0.29, 0.717) is 11.1 Å². The van der Waals surface area contributed by atoms with Crippen LogP contribution >= 0.6 is 22.6 Å². The van der Waals surface area contributed by atoms with Crippen molar-refractivity contribution in [1.82, 2.24) is 5.32 Å². The van der Waals surface area contributed by atoms with Crippen molar-refractivity contribution in [2.45, 2.75) is 26.4 Å². The molecule has 0 aliphatic carbocycles. The lowest BCUT2D eigenvalue weighted by molar-refractivity contribution is -0.144. The standard InChI is InChI=1S/C19H16INO4/c1-2-12-8-11(6-7-15(12)20)10-25-16(22)9-13-4-3-5-14-17(13)19(24)21-18(14)23/h3-8H,2,9-10H2,1H3,(H,21,23,24). The zero-order valence-corrected chi connectivity index (χ0v) is 15.8. The maximum Gasteiger partial charge on any atom is 0.310 e. The number of benzene rings is 2. The summed E-state index contributed by atoms with van der Waals surface area (Å²) in [5.41, 5.74) is 3.22. The van der Waals surface area contributed by atoms with Crippen molar-refractivity contribution in [2.75, 3.05) is 0 Å². The summed E-state index contributed by atoms with van der Waals surface area (Å²) in [4.78, 5) is 35.7. The Labute approximate surface area is 158 Å². The lowest BCUT2D eigenvalue weighted by Crippen LogP contribution is -2.20. The molecule has 0 bridgehead atoms. The van der Waals surface area contributed by atoms with Crippen LogP contribution in [0.15, 0.2) is 36.4 Å². The fourth-order valence-electron chi connectivity index (χ4n) is 2.80. The van der Waals surface area contributed by atoms with Crippen molar-refractivity contribution in [3.8, 4) is 0 Å². The normalized spacial score (nSPS) is 12.7.